The van der Waals surface area contributed by atoms with Gasteiger partial charge in [0.25, 0.3) is 0 Å². The summed E-state index contributed by atoms with van der Waals surface area (Å²) >= 11 is 6.53. The third kappa shape index (κ3) is 2.93. The van der Waals surface area contributed by atoms with Crippen LogP contribution in [0.1, 0.15) is 29.3 Å². The number of rotatable bonds is 3. The molecule has 1 saturated heterocycles. The van der Waals surface area contributed by atoms with E-state index in [4.69, 9.17) is 21.1 Å². The smallest absolute Gasteiger partial charge is 0.121 e. The Kier molecular flexibility index (Phi) is 4.30. The Hall–Kier alpha value is -0.730. The van der Waals surface area contributed by atoms with Gasteiger partial charge < -0.3 is 9.47 Å². The number of methoxy groups -OCH3 is 1. The molecule has 1 fully saturated rings. The van der Waals surface area contributed by atoms with Crippen LogP contribution in [0.2, 0.25) is 0 Å². The van der Waals surface area contributed by atoms with E-state index in [1.807, 2.05) is 13.0 Å². The Morgan fingerprint density at radius 2 is 2.29 bits per heavy atom. The zero-order chi connectivity index (χ0) is 12.3. The Bertz CT molecular complexity index is 372. The lowest BCUT2D eigenvalue weighted by atomic mass is 9.93. The van der Waals surface area contributed by atoms with E-state index in [1.54, 1.807) is 7.11 Å². The summed E-state index contributed by atoms with van der Waals surface area (Å²) in [6, 6.07) is 6.16. The van der Waals surface area contributed by atoms with E-state index in [1.165, 1.54) is 5.56 Å². The largest absolute Gasteiger partial charge is 0.496 e. The molecule has 0 amide bonds. The Morgan fingerprint density at radius 1 is 1.47 bits per heavy atom. The molecule has 1 heterocycles. The van der Waals surface area contributed by atoms with Crippen molar-refractivity contribution in [1.29, 1.82) is 0 Å². The van der Waals surface area contributed by atoms with Crippen LogP contribution in [0.4, 0.5) is 0 Å². The molecule has 1 aliphatic rings. The highest BCUT2D eigenvalue weighted by Crippen LogP contribution is 2.35. The summed E-state index contributed by atoms with van der Waals surface area (Å²) in [4.78, 5) is 0. The molecule has 0 bridgehead atoms. The summed E-state index contributed by atoms with van der Waals surface area (Å²) in [6.45, 7) is 3.70. The minimum Gasteiger partial charge on any atom is -0.496 e. The second-order valence-electron chi connectivity index (χ2n) is 4.61. The fourth-order valence-electron chi connectivity index (χ4n) is 2.34. The third-order valence-electron chi connectivity index (χ3n) is 3.35. The highest BCUT2D eigenvalue weighted by molar-refractivity contribution is 6.21. The maximum absolute atomic E-state index is 6.53. The Labute approximate surface area is 108 Å². The van der Waals surface area contributed by atoms with Gasteiger partial charge in [0, 0.05) is 12.5 Å². The van der Waals surface area contributed by atoms with Gasteiger partial charge in [-0.3, -0.25) is 0 Å². The molecular formula is C14H19ClO2. The molecule has 0 aromatic heterocycles. The van der Waals surface area contributed by atoms with Crippen LogP contribution in [0.25, 0.3) is 0 Å². The Balaban J connectivity index is 2.12. The molecule has 2 rings (SSSR count). The van der Waals surface area contributed by atoms with Crippen LogP contribution in [0.3, 0.4) is 0 Å². The number of halogens is 1. The van der Waals surface area contributed by atoms with Crippen molar-refractivity contribution >= 4 is 11.6 Å². The van der Waals surface area contributed by atoms with E-state index in [-0.39, 0.29) is 5.38 Å². The number of hydrogen-bond donors (Lipinski definition) is 0. The molecule has 3 heteroatoms. The van der Waals surface area contributed by atoms with Gasteiger partial charge in [-0.25, -0.2) is 0 Å². The second-order valence-corrected chi connectivity index (χ2v) is 5.08. The molecule has 94 valence electrons. The van der Waals surface area contributed by atoms with Gasteiger partial charge in [-0.05, 0) is 37.0 Å². The molecule has 0 radical (unpaired) electrons. The van der Waals surface area contributed by atoms with Crippen molar-refractivity contribution < 1.29 is 9.47 Å². The van der Waals surface area contributed by atoms with Gasteiger partial charge in [-0.15, -0.1) is 11.6 Å². The molecule has 2 nitrogen and oxygen atoms in total. The zero-order valence-corrected chi connectivity index (χ0v) is 11.2. The molecule has 0 aliphatic carbocycles. The first-order chi connectivity index (χ1) is 8.22. The van der Waals surface area contributed by atoms with Crippen molar-refractivity contribution in [3.63, 3.8) is 0 Å². The van der Waals surface area contributed by atoms with Crippen molar-refractivity contribution in [3.8, 4) is 5.75 Å². The standard InChI is InChI=1S/C14H19ClO2/c1-10-8-11(5-6-13(10)16-2)14(15)12-4-3-7-17-9-12/h5-6,8,12,14H,3-4,7,9H2,1-2H3. The van der Waals surface area contributed by atoms with E-state index in [9.17, 15) is 0 Å². The van der Waals surface area contributed by atoms with Gasteiger partial charge in [0.15, 0.2) is 0 Å². The summed E-state index contributed by atoms with van der Waals surface area (Å²) in [5, 5.41) is 0.0416. The predicted molar refractivity (Wildman–Crippen MR) is 69.9 cm³/mol. The summed E-state index contributed by atoms with van der Waals surface area (Å²) < 4.78 is 10.7. The number of aryl methyl sites for hydroxylation is 1. The molecule has 1 aromatic carbocycles. The minimum absolute atomic E-state index is 0.0416. The fourth-order valence-corrected chi connectivity index (χ4v) is 2.68. The van der Waals surface area contributed by atoms with Crippen LogP contribution >= 0.6 is 11.6 Å². The summed E-state index contributed by atoms with van der Waals surface area (Å²) in [7, 11) is 1.69. The van der Waals surface area contributed by atoms with Crippen LogP contribution in [0.15, 0.2) is 18.2 Å². The molecule has 0 saturated carbocycles. The highest BCUT2D eigenvalue weighted by atomic mass is 35.5. The van der Waals surface area contributed by atoms with Crippen molar-refractivity contribution in [3.05, 3.63) is 29.3 Å². The van der Waals surface area contributed by atoms with Gasteiger partial charge in [-0.1, -0.05) is 12.1 Å². The van der Waals surface area contributed by atoms with Crippen LogP contribution < -0.4 is 4.74 Å². The van der Waals surface area contributed by atoms with Crippen LogP contribution in [0, 0.1) is 12.8 Å². The predicted octanol–water partition coefficient (Wildman–Crippen LogP) is 3.71. The maximum Gasteiger partial charge on any atom is 0.121 e. The lowest BCUT2D eigenvalue weighted by Crippen LogP contribution is -2.21. The minimum atomic E-state index is 0.0416. The van der Waals surface area contributed by atoms with E-state index >= 15 is 0 Å². The molecule has 0 spiro atoms. The molecule has 2 atom stereocenters. The average Bonchev–Trinajstić information content (AvgIpc) is 2.39. The van der Waals surface area contributed by atoms with Crippen LogP contribution in [-0.4, -0.2) is 20.3 Å². The monoisotopic (exact) mass is 254 g/mol. The van der Waals surface area contributed by atoms with Crippen LogP contribution in [0.5, 0.6) is 5.75 Å². The first-order valence-electron chi connectivity index (χ1n) is 6.08. The fraction of sp³-hybridized carbons (Fsp3) is 0.571. The van der Waals surface area contributed by atoms with Crippen molar-refractivity contribution in [2.75, 3.05) is 20.3 Å². The number of ether oxygens (including phenoxy) is 2. The average molecular weight is 255 g/mol. The number of hydrogen-bond acceptors (Lipinski definition) is 2. The zero-order valence-electron chi connectivity index (χ0n) is 10.4. The topological polar surface area (TPSA) is 18.5 Å². The van der Waals surface area contributed by atoms with Gasteiger partial charge in [0.2, 0.25) is 0 Å². The third-order valence-corrected chi connectivity index (χ3v) is 3.96. The van der Waals surface area contributed by atoms with Gasteiger partial charge in [-0.2, -0.15) is 0 Å². The van der Waals surface area contributed by atoms with Gasteiger partial charge in [0.05, 0.1) is 19.1 Å². The van der Waals surface area contributed by atoms with E-state index in [0.29, 0.717) is 5.92 Å². The van der Waals surface area contributed by atoms with Gasteiger partial charge in [0.1, 0.15) is 5.75 Å². The van der Waals surface area contributed by atoms with E-state index in [0.717, 1.165) is 37.4 Å². The molecule has 2 unspecified atom stereocenters. The maximum atomic E-state index is 6.53. The summed E-state index contributed by atoms with van der Waals surface area (Å²) in [5.74, 6) is 1.34. The van der Waals surface area contributed by atoms with Crippen molar-refractivity contribution in [2.24, 2.45) is 5.92 Å². The molecule has 17 heavy (non-hydrogen) atoms. The first-order valence-corrected chi connectivity index (χ1v) is 6.52. The van der Waals surface area contributed by atoms with Crippen LogP contribution in [-0.2, 0) is 4.74 Å². The second kappa shape index (κ2) is 5.74. The van der Waals surface area contributed by atoms with E-state index in [2.05, 4.69) is 12.1 Å². The summed E-state index contributed by atoms with van der Waals surface area (Å²) in [5.41, 5.74) is 2.30. The SMILES string of the molecule is COc1ccc(C(Cl)C2CCCOC2)cc1C. The van der Waals surface area contributed by atoms with Crippen molar-refractivity contribution in [2.45, 2.75) is 25.1 Å². The summed E-state index contributed by atoms with van der Waals surface area (Å²) in [6.07, 6.45) is 2.27. The number of alkyl halides is 1. The lowest BCUT2D eigenvalue weighted by Gasteiger charge is -2.26. The normalized spacial score (nSPS) is 22.2. The van der Waals surface area contributed by atoms with Gasteiger partial charge >= 0.3 is 0 Å². The molecular weight excluding hydrogens is 236 g/mol. The molecule has 1 aliphatic heterocycles. The molecule has 1 aromatic rings. The quantitative estimate of drug-likeness (QED) is 0.766. The molecule has 0 N–H and O–H groups in total. The highest BCUT2D eigenvalue weighted by Gasteiger charge is 2.24. The van der Waals surface area contributed by atoms with E-state index < -0.39 is 0 Å². The first kappa shape index (κ1) is 12.7. The number of benzene rings is 1. The Morgan fingerprint density at radius 3 is 2.88 bits per heavy atom. The van der Waals surface area contributed by atoms with Crippen molar-refractivity contribution in [1.82, 2.24) is 0 Å². The lowest BCUT2D eigenvalue weighted by molar-refractivity contribution is 0.0531.